The molecule has 30 heavy (non-hydrogen) atoms. The summed E-state index contributed by atoms with van der Waals surface area (Å²) in [6.07, 6.45) is 13.4. The van der Waals surface area contributed by atoms with Crippen LogP contribution in [-0.2, 0) is 0 Å². The highest BCUT2D eigenvalue weighted by Gasteiger charge is 2.32. The van der Waals surface area contributed by atoms with Gasteiger partial charge in [0.25, 0.3) is 0 Å². The summed E-state index contributed by atoms with van der Waals surface area (Å²) in [5.41, 5.74) is 0.519. The topological polar surface area (TPSA) is 9.23 Å². The van der Waals surface area contributed by atoms with E-state index in [-0.39, 0.29) is 17.5 Å². The number of hydrogen-bond acceptors (Lipinski definition) is 1. The van der Waals surface area contributed by atoms with Gasteiger partial charge >= 0.3 is 0 Å². The fourth-order valence-electron chi connectivity index (χ4n) is 5.60. The first kappa shape index (κ1) is 23.2. The lowest BCUT2D eigenvalue weighted by molar-refractivity contribution is 0.156. The third kappa shape index (κ3) is 5.82. The summed E-state index contributed by atoms with van der Waals surface area (Å²) in [7, 11) is 0. The van der Waals surface area contributed by atoms with Crippen LogP contribution in [0.5, 0.6) is 5.75 Å². The van der Waals surface area contributed by atoms with Crippen LogP contribution in [-0.4, -0.2) is 6.61 Å². The van der Waals surface area contributed by atoms with Gasteiger partial charge < -0.3 is 4.74 Å². The lowest BCUT2D eigenvalue weighted by Crippen LogP contribution is -2.25. The molecular weight excluding hydrogens is 385 g/mol. The molecule has 2 saturated carbocycles. The third-order valence-electron chi connectivity index (χ3n) is 7.42. The summed E-state index contributed by atoms with van der Waals surface area (Å²) in [5.74, 6) is 0.799. The fourth-order valence-corrected chi connectivity index (χ4v) is 5.60. The monoisotopic (exact) mass is 422 g/mol. The molecule has 2 aliphatic carbocycles. The zero-order valence-electron chi connectivity index (χ0n) is 18.6. The van der Waals surface area contributed by atoms with Crippen molar-refractivity contribution in [3.63, 3.8) is 0 Å². The van der Waals surface area contributed by atoms with E-state index in [1.165, 1.54) is 25.7 Å². The predicted octanol–water partition coefficient (Wildman–Crippen LogP) is 8.49. The zero-order chi connectivity index (χ0) is 21.5. The number of benzene rings is 1. The molecule has 0 saturated heterocycles. The second kappa shape index (κ2) is 11.2. The smallest absolute Gasteiger partial charge is 0.200 e. The molecule has 0 N–H and O–H groups in total. The summed E-state index contributed by atoms with van der Waals surface area (Å²) < 4.78 is 47.2. The zero-order valence-corrected chi connectivity index (χ0v) is 18.6. The SMILES string of the molecule is CCOc1ccc(C2CCC(C3CCC(CCC=C(F)CC)CC3)CC2)c(F)c1F. The quantitative estimate of drug-likeness (QED) is 0.408. The van der Waals surface area contributed by atoms with Gasteiger partial charge in [-0.25, -0.2) is 8.78 Å². The number of rotatable bonds is 8. The molecule has 1 nitrogen and oxygen atoms in total. The molecule has 4 heteroatoms. The Morgan fingerprint density at radius 2 is 1.57 bits per heavy atom. The molecule has 0 aliphatic heterocycles. The highest BCUT2D eigenvalue weighted by Crippen LogP contribution is 2.45. The second-order valence-corrected chi connectivity index (χ2v) is 9.19. The van der Waals surface area contributed by atoms with Crippen molar-refractivity contribution in [2.45, 2.75) is 90.4 Å². The Kier molecular flexibility index (Phi) is 8.71. The molecule has 2 fully saturated rings. The lowest BCUT2D eigenvalue weighted by Gasteiger charge is -2.38. The second-order valence-electron chi connectivity index (χ2n) is 9.19. The van der Waals surface area contributed by atoms with Gasteiger partial charge in [-0.2, -0.15) is 4.39 Å². The summed E-state index contributed by atoms with van der Waals surface area (Å²) in [4.78, 5) is 0. The maximum atomic E-state index is 14.6. The van der Waals surface area contributed by atoms with Gasteiger partial charge in [0, 0.05) is 0 Å². The van der Waals surface area contributed by atoms with Crippen LogP contribution in [0.2, 0.25) is 0 Å². The number of ether oxygens (including phenoxy) is 1. The predicted molar refractivity (Wildman–Crippen MR) is 116 cm³/mol. The maximum absolute atomic E-state index is 14.6. The molecule has 1 aromatic rings. The van der Waals surface area contributed by atoms with Crippen molar-refractivity contribution in [2.75, 3.05) is 6.61 Å². The van der Waals surface area contributed by atoms with E-state index in [0.717, 1.165) is 56.3 Å². The van der Waals surface area contributed by atoms with Crippen LogP contribution in [0.4, 0.5) is 13.2 Å². The summed E-state index contributed by atoms with van der Waals surface area (Å²) in [6, 6.07) is 3.29. The van der Waals surface area contributed by atoms with Gasteiger partial charge in [-0.3, -0.25) is 0 Å². The minimum atomic E-state index is -0.844. The molecule has 0 radical (unpaired) electrons. The number of allylic oxidation sites excluding steroid dienone is 2. The molecule has 0 amide bonds. The minimum Gasteiger partial charge on any atom is -0.491 e. The van der Waals surface area contributed by atoms with Crippen molar-refractivity contribution >= 4 is 0 Å². The van der Waals surface area contributed by atoms with E-state index in [4.69, 9.17) is 4.74 Å². The van der Waals surface area contributed by atoms with Crippen LogP contribution in [0, 0.1) is 29.4 Å². The Morgan fingerprint density at radius 3 is 2.17 bits per heavy atom. The van der Waals surface area contributed by atoms with Gasteiger partial charge in [0.05, 0.1) is 12.4 Å². The van der Waals surface area contributed by atoms with E-state index in [0.29, 0.717) is 18.6 Å². The Balaban J connectivity index is 1.46. The van der Waals surface area contributed by atoms with E-state index >= 15 is 0 Å². The van der Waals surface area contributed by atoms with Crippen LogP contribution in [0.15, 0.2) is 24.0 Å². The highest BCUT2D eigenvalue weighted by molar-refractivity contribution is 5.33. The fraction of sp³-hybridized carbons (Fsp3) is 0.692. The Morgan fingerprint density at radius 1 is 0.933 bits per heavy atom. The van der Waals surface area contributed by atoms with Crippen LogP contribution < -0.4 is 4.74 Å². The first-order valence-corrected chi connectivity index (χ1v) is 12.0. The Hall–Kier alpha value is -1.45. The van der Waals surface area contributed by atoms with Gasteiger partial charge in [-0.05, 0) is 100 Å². The van der Waals surface area contributed by atoms with Crippen LogP contribution in [0.25, 0.3) is 0 Å². The van der Waals surface area contributed by atoms with Crippen molar-refractivity contribution in [3.8, 4) is 5.75 Å². The van der Waals surface area contributed by atoms with Crippen molar-refractivity contribution in [1.82, 2.24) is 0 Å². The molecule has 1 aromatic carbocycles. The summed E-state index contributed by atoms with van der Waals surface area (Å²) >= 11 is 0. The molecule has 0 atom stereocenters. The first-order chi connectivity index (χ1) is 14.5. The summed E-state index contributed by atoms with van der Waals surface area (Å²) in [6.45, 7) is 3.95. The van der Waals surface area contributed by atoms with Crippen molar-refractivity contribution < 1.29 is 17.9 Å². The summed E-state index contributed by atoms with van der Waals surface area (Å²) in [5, 5.41) is 0. The average Bonchev–Trinajstić information content (AvgIpc) is 2.78. The molecule has 0 aromatic heterocycles. The Bertz CT molecular complexity index is 698. The lowest BCUT2D eigenvalue weighted by atomic mass is 9.68. The molecule has 3 rings (SSSR count). The van der Waals surface area contributed by atoms with Crippen LogP contribution >= 0.6 is 0 Å². The molecule has 0 spiro atoms. The molecule has 0 unspecified atom stereocenters. The van der Waals surface area contributed by atoms with E-state index in [2.05, 4.69) is 0 Å². The van der Waals surface area contributed by atoms with Crippen LogP contribution in [0.1, 0.15) is 96.0 Å². The molecule has 2 aliphatic rings. The molecular formula is C26H37F3O. The highest BCUT2D eigenvalue weighted by atomic mass is 19.2. The van der Waals surface area contributed by atoms with E-state index < -0.39 is 11.6 Å². The average molecular weight is 423 g/mol. The van der Waals surface area contributed by atoms with Crippen LogP contribution in [0.3, 0.4) is 0 Å². The van der Waals surface area contributed by atoms with Gasteiger partial charge in [-0.15, -0.1) is 0 Å². The van der Waals surface area contributed by atoms with Gasteiger partial charge in [0.1, 0.15) is 0 Å². The minimum absolute atomic E-state index is 0.0112. The van der Waals surface area contributed by atoms with Gasteiger partial charge in [0.2, 0.25) is 5.82 Å². The van der Waals surface area contributed by atoms with Gasteiger partial charge in [-0.1, -0.05) is 31.9 Å². The first-order valence-electron chi connectivity index (χ1n) is 12.0. The maximum Gasteiger partial charge on any atom is 0.200 e. The standard InChI is InChI=1S/C26H37F3O/c1-3-22(27)7-5-6-18-8-10-19(11-9-18)20-12-14-21(15-13-20)23-16-17-24(30-4-2)26(29)25(23)28/h7,16-21H,3-6,8-15H2,1-2H3. The van der Waals surface area contributed by atoms with E-state index in [9.17, 15) is 13.2 Å². The van der Waals surface area contributed by atoms with Gasteiger partial charge in [0.15, 0.2) is 11.6 Å². The van der Waals surface area contributed by atoms with E-state index in [1.54, 1.807) is 25.1 Å². The normalized spacial score (nSPS) is 27.8. The number of hydrogen-bond donors (Lipinski definition) is 0. The molecule has 0 bridgehead atoms. The molecule has 0 heterocycles. The van der Waals surface area contributed by atoms with Crippen molar-refractivity contribution in [1.29, 1.82) is 0 Å². The van der Waals surface area contributed by atoms with E-state index in [1.807, 2.05) is 6.92 Å². The molecule has 168 valence electrons. The third-order valence-corrected chi connectivity index (χ3v) is 7.42. The number of halogens is 3. The van der Waals surface area contributed by atoms with Crippen molar-refractivity contribution in [3.05, 3.63) is 41.2 Å². The largest absolute Gasteiger partial charge is 0.491 e. The van der Waals surface area contributed by atoms with Crippen molar-refractivity contribution in [2.24, 2.45) is 17.8 Å². The Labute approximate surface area is 180 Å².